The van der Waals surface area contributed by atoms with Gasteiger partial charge in [0.15, 0.2) is 11.5 Å². The number of carbonyl (C=O) groups is 1. The summed E-state index contributed by atoms with van der Waals surface area (Å²) in [5.41, 5.74) is 2.42. The van der Waals surface area contributed by atoms with Crippen LogP contribution in [0.25, 0.3) is 0 Å². The number of carbonyl (C=O) groups excluding carboxylic acids is 1. The van der Waals surface area contributed by atoms with E-state index in [1.807, 2.05) is 17.0 Å². The molecule has 0 spiro atoms. The van der Waals surface area contributed by atoms with E-state index in [0.717, 1.165) is 24.3 Å². The molecular weight excluding hydrogens is 280 g/mol. The fourth-order valence-electron chi connectivity index (χ4n) is 2.51. The van der Waals surface area contributed by atoms with Gasteiger partial charge in [0.05, 0.1) is 14.2 Å². The molecule has 0 radical (unpaired) electrons. The first kappa shape index (κ1) is 16.5. The number of nitrogens with zero attached hydrogens (tertiary/aromatic N) is 1. The molecule has 0 unspecified atom stereocenters. The normalized spacial score (nSPS) is 14.3. The average Bonchev–Trinajstić information content (AvgIpc) is 2.49. The van der Waals surface area contributed by atoms with E-state index in [0.29, 0.717) is 18.8 Å². The molecule has 5 nitrogen and oxygen atoms in total. The minimum absolute atomic E-state index is 0.00430. The van der Waals surface area contributed by atoms with E-state index in [-0.39, 0.29) is 11.4 Å². The molecule has 0 saturated carbocycles. The smallest absolute Gasteiger partial charge is 0.317 e. The number of benzene rings is 1. The molecule has 22 heavy (non-hydrogen) atoms. The van der Waals surface area contributed by atoms with Crippen LogP contribution in [0.15, 0.2) is 12.1 Å². The summed E-state index contributed by atoms with van der Waals surface area (Å²) in [7, 11) is 3.26. The van der Waals surface area contributed by atoms with Crippen LogP contribution >= 0.6 is 0 Å². The fraction of sp³-hybridized carbons (Fsp3) is 0.588. The van der Waals surface area contributed by atoms with E-state index in [4.69, 9.17) is 9.47 Å². The van der Waals surface area contributed by atoms with Crippen LogP contribution in [0, 0.1) is 5.41 Å². The molecule has 2 rings (SSSR count). The van der Waals surface area contributed by atoms with Crippen molar-refractivity contribution in [3.05, 3.63) is 23.3 Å². The standard InChI is InChI=1S/C17H26N2O3/c1-17(2,3)11-18-16(20)19-7-6-12-8-14(21-4)15(22-5)9-13(12)10-19/h8-9H,6-7,10-11H2,1-5H3,(H,18,20). The first-order valence-electron chi connectivity index (χ1n) is 7.60. The third-order valence-corrected chi connectivity index (χ3v) is 3.78. The summed E-state index contributed by atoms with van der Waals surface area (Å²) in [5, 5.41) is 3.01. The fourth-order valence-corrected chi connectivity index (χ4v) is 2.51. The van der Waals surface area contributed by atoms with Crippen molar-refractivity contribution in [2.75, 3.05) is 27.3 Å². The Hall–Kier alpha value is -1.91. The SMILES string of the molecule is COc1cc2c(cc1OC)CN(C(=O)NCC(C)(C)C)CC2. The Morgan fingerprint density at radius 1 is 1.18 bits per heavy atom. The predicted molar refractivity (Wildman–Crippen MR) is 86.5 cm³/mol. The van der Waals surface area contributed by atoms with Crippen LogP contribution in [0.1, 0.15) is 31.9 Å². The highest BCUT2D eigenvalue weighted by Crippen LogP contribution is 2.33. The van der Waals surface area contributed by atoms with E-state index in [9.17, 15) is 4.79 Å². The summed E-state index contributed by atoms with van der Waals surface area (Å²) in [6.07, 6.45) is 0.832. The molecule has 0 bridgehead atoms. The number of rotatable bonds is 3. The molecule has 1 heterocycles. The number of hydrogen-bond donors (Lipinski definition) is 1. The Morgan fingerprint density at radius 3 is 2.32 bits per heavy atom. The van der Waals surface area contributed by atoms with Gasteiger partial charge in [0.25, 0.3) is 0 Å². The van der Waals surface area contributed by atoms with Gasteiger partial charge in [0.2, 0.25) is 0 Å². The van der Waals surface area contributed by atoms with Crippen molar-refractivity contribution < 1.29 is 14.3 Å². The highest BCUT2D eigenvalue weighted by atomic mass is 16.5. The minimum atomic E-state index is -0.00430. The lowest BCUT2D eigenvalue weighted by Crippen LogP contribution is -2.45. The quantitative estimate of drug-likeness (QED) is 0.934. The largest absolute Gasteiger partial charge is 0.493 e. The number of nitrogens with one attached hydrogen (secondary N) is 1. The van der Waals surface area contributed by atoms with Crippen LogP contribution < -0.4 is 14.8 Å². The highest BCUT2D eigenvalue weighted by Gasteiger charge is 2.23. The van der Waals surface area contributed by atoms with Gasteiger partial charge in [0, 0.05) is 19.6 Å². The molecular formula is C17H26N2O3. The van der Waals surface area contributed by atoms with Crippen molar-refractivity contribution in [3.8, 4) is 11.5 Å². The number of methoxy groups -OCH3 is 2. The van der Waals surface area contributed by atoms with Crippen LogP contribution in [0.2, 0.25) is 0 Å². The van der Waals surface area contributed by atoms with Crippen molar-refractivity contribution in [2.24, 2.45) is 5.41 Å². The van der Waals surface area contributed by atoms with Crippen molar-refractivity contribution in [1.82, 2.24) is 10.2 Å². The lowest BCUT2D eigenvalue weighted by Gasteiger charge is -2.31. The molecule has 0 fully saturated rings. The summed E-state index contributed by atoms with van der Waals surface area (Å²) in [4.78, 5) is 14.1. The number of fused-ring (bicyclic) bond motifs is 1. The first-order valence-corrected chi connectivity index (χ1v) is 7.60. The van der Waals surface area contributed by atoms with E-state index < -0.39 is 0 Å². The Labute approximate surface area is 132 Å². The summed E-state index contributed by atoms with van der Waals surface area (Å²) < 4.78 is 10.7. The molecule has 0 saturated heterocycles. The van der Waals surface area contributed by atoms with Gasteiger partial charge in [-0.05, 0) is 35.1 Å². The van der Waals surface area contributed by atoms with Crippen molar-refractivity contribution >= 4 is 6.03 Å². The zero-order valence-electron chi connectivity index (χ0n) is 14.2. The highest BCUT2D eigenvalue weighted by molar-refractivity contribution is 5.74. The van der Waals surface area contributed by atoms with Gasteiger partial charge in [-0.2, -0.15) is 0 Å². The maximum atomic E-state index is 12.3. The lowest BCUT2D eigenvalue weighted by molar-refractivity contribution is 0.187. The van der Waals surface area contributed by atoms with Crippen LogP contribution in [-0.2, 0) is 13.0 Å². The molecule has 0 aliphatic carbocycles. The van der Waals surface area contributed by atoms with Gasteiger partial charge < -0.3 is 19.7 Å². The van der Waals surface area contributed by atoms with Crippen LogP contribution in [-0.4, -0.2) is 38.2 Å². The van der Waals surface area contributed by atoms with E-state index >= 15 is 0 Å². The van der Waals surface area contributed by atoms with Gasteiger partial charge in [-0.3, -0.25) is 0 Å². The van der Waals surface area contributed by atoms with E-state index in [1.54, 1.807) is 14.2 Å². The zero-order valence-corrected chi connectivity index (χ0v) is 14.2. The molecule has 122 valence electrons. The summed E-state index contributed by atoms with van der Waals surface area (Å²) in [5.74, 6) is 1.45. The molecule has 1 N–H and O–H groups in total. The Kier molecular flexibility index (Phi) is 4.84. The molecule has 1 aliphatic rings. The Balaban J connectivity index is 2.09. The lowest BCUT2D eigenvalue weighted by atomic mass is 9.97. The summed E-state index contributed by atoms with van der Waals surface area (Å²) in [6, 6.07) is 3.98. The third kappa shape index (κ3) is 3.84. The van der Waals surface area contributed by atoms with Gasteiger partial charge in [0.1, 0.15) is 0 Å². The second kappa shape index (κ2) is 6.46. The van der Waals surface area contributed by atoms with E-state index in [2.05, 4.69) is 26.1 Å². The predicted octanol–water partition coefficient (Wildman–Crippen LogP) is 2.82. The first-order chi connectivity index (χ1) is 10.3. The monoisotopic (exact) mass is 306 g/mol. The van der Waals surface area contributed by atoms with Crippen molar-refractivity contribution in [3.63, 3.8) is 0 Å². The maximum Gasteiger partial charge on any atom is 0.317 e. The molecule has 1 aromatic rings. The molecule has 1 aliphatic heterocycles. The summed E-state index contributed by atoms with van der Waals surface area (Å²) in [6.45, 7) is 8.31. The topological polar surface area (TPSA) is 50.8 Å². The second-order valence-electron chi connectivity index (χ2n) is 6.87. The number of amides is 2. The van der Waals surface area contributed by atoms with Crippen LogP contribution in [0.3, 0.4) is 0 Å². The van der Waals surface area contributed by atoms with Gasteiger partial charge in [-0.15, -0.1) is 0 Å². The van der Waals surface area contributed by atoms with Crippen molar-refractivity contribution in [1.29, 1.82) is 0 Å². The van der Waals surface area contributed by atoms with Crippen LogP contribution in [0.5, 0.6) is 11.5 Å². The Bertz CT molecular complexity index is 550. The number of urea groups is 1. The van der Waals surface area contributed by atoms with Gasteiger partial charge >= 0.3 is 6.03 Å². The van der Waals surface area contributed by atoms with Crippen LogP contribution in [0.4, 0.5) is 4.79 Å². The zero-order chi connectivity index (χ0) is 16.3. The third-order valence-electron chi connectivity index (χ3n) is 3.78. The van der Waals surface area contributed by atoms with Gasteiger partial charge in [-0.1, -0.05) is 20.8 Å². The Morgan fingerprint density at radius 2 is 1.77 bits per heavy atom. The number of ether oxygens (including phenoxy) is 2. The molecule has 2 amide bonds. The molecule has 5 heteroatoms. The second-order valence-corrected chi connectivity index (χ2v) is 6.87. The average molecular weight is 306 g/mol. The molecule has 0 aromatic heterocycles. The number of hydrogen-bond acceptors (Lipinski definition) is 3. The molecule has 1 aromatic carbocycles. The minimum Gasteiger partial charge on any atom is -0.493 e. The summed E-state index contributed by atoms with van der Waals surface area (Å²) >= 11 is 0. The van der Waals surface area contributed by atoms with E-state index in [1.165, 1.54) is 5.56 Å². The molecule has 0 atom stereocenters. The maximum absolute atomic E-state index is 12.3. The van der Waals surface area contributed by atoms with Crippen molar-refractivity contribution in [2.45, 2.75) is 33.7 Å². The van der Waals surface area contributed by atoms with Gasteiger partial charge in [-0.25, -0.2) is 4.79 Å².